The van der Waals surface area contributed by atoms with E-state index in [0.717, 1.165) is 33.2 Å². The van der Waals surface area contributed by atoms with Gasteiger partial charge in [0.1, 0.15) is 0 Å². The van der Waals surface area contributed by atoms with E-state index < -0.39 is 75.2 Å². The number of rotatable bonds is 8. The number of fused-ring (bicyclic) bond motifs is 2. The number of nitro groups is 6. The summed E-state index contributed by atoms with van der Waals surface area (Å²) >= 11 is 0. The maximum absolute atomic E-state index is 11.7. The zero-order valence-electron chi connectivity index (χ0n) is 27.8. The van der Waals surface area contributed by atoms with Gasteiger partial charge >= 0.3 is 22.7 Å². The van der Waals surface area contributed by atoms with Gasteiger partial charge in [0.2, 0.25) is 0 Å². The Labute approximate surface area is 297 Å². The van der Waals surface area contributed by atoms with Crippen LogP contribution in [0.5, 0.6) is 11.5 Å². The van der Waals surface area contributed by atoms with Gasteiger partial charge in [-0.3, -0.25) is 80.2 Å². The van der Waals surface area contributed by atoms with Crippen LogP contribution in [-0.4, -0.2) is 61.3 Å². The van der Waals surface area contributed by atoms with Crippen LogP contribution in [0.25, 0.3) is 21.8 Å². The Morgan fingerprint density at radius 1 is 0.481 bits per heavy atom. The van der Waals surface area contributed by atoms with Crippen LogP contribution >= 0.6 is 0 Å². The summed E-state index contributed by atoms with van der Waals surface area (Å²) in [6, 6.07) is 9.33. The van der Waals surface area contributed by atoms with E-state index in [2.05, 4.69) is 9.97 Å². The number of carbonyl (C=O) groups is 2. The first-order chi connectivity index (χ1) is 25.0. The first kappa shape index (κ1) is 40.3. The Hall–Kier alpha value is -8.18. The molecule has 2 aromatic heterocycles. The maximum Gasteiger partial charge on any atom is 0.324 e. The Morgan fingerprint density at radius 3 is 0.981 bits per heavy atom. The molecule has 0 fully saturated rings. The highest BCUT2D eigenvalue weighted by Gasteiger charge is 2.31. The quantitative estimate of drug-likeness (QED) is 0.0789. The summed E-state index contributed by atoms with van der Waals surface area (Å²) in [7, 11) is 0. The Bertz CT molecular complexity index is 2250. The number of nitro benzene ring substituents is 6. The number of aryl methyl sites for hydroxylation is 2. The van der Waals surface area contributed by atoms with Gasteiger partial charge in [0.25, 0.3) is 22.9 Å². The normalized spacial score (nSPS) is 10.3. The SMILES string of the molecule is CC(=O)c1cc2cc3cc(C(C)=O)c(C)nc3cc2nc1C.O=[N+]([O-])c1cc([N+](=O)[O-])c(O)c([N+](=O)[O-])c1.O=[N+]([O-])c1cc([N+](=O)[O-])c(O)c([N+](=O)[O-])c1. The van der Waals surface area contributed by atoms with Crippen molar-refractivity contribution >= 4 is 67.5 Å². The van der Waals surface area contributed by atoms with Gasteiger partial charge in [-0.25, -0.2) is 0 Å². The number of hydrogen-bond donors (Lipinski definition) is 2. The second kappa shape index (κ2) is 15.8. The fraction of sp³-hybridized carbons (Fsp3) is 0.133. The highest BCUT2D eigenvalue weighted by Crippen LogP contribution is 2.40. The molecule has 54 heavy (non-hydrogen) atoms. The Kier molecular flexibility index (Phi) is 11.8. The van der Waals surface area contributed by atoms with Crippen LogP contribution in [-0.2, 0) is 0 Å². The van der Waals surface area contributed by atoms with Gasteiger partial charge in [0.05, 0.1) is 64.8 Å². The summed E-state index contributed by atoms with van der Waals surface area (Å²) in [4.78, 5) is 87.9. The van der Waals surface area contributed by atoms with Gasteiger partial charge in [0.15, 0.2) is 11.6 Å². The molecule has 5 rings (SSSR count). The molecule has 0 bridgehead atoms. The smallest absolute Gasteiger partial charge is 0.324 e. The molecule has 24 nitrogen and oxygen atoms in total. The topological polar surface area (TPSA) is 359 Å². The Balaban J connectivity index is 0.000000223. The summed E-state index contributed by atoms with van der Waals surface area (Å²) in [5.74, 6) is -2.42. The van der Waals surface area contributed by atoms with E-state index in [9.17, 15) is 70.3 Å². The fourth-order valence-corrected chi connectivity index (χ4v) is 4.70. The summed E-state index contributed by atoms with van der Waals surface area (Å²) < 4.78 is 0. The number of Topliss-reactive ketones (excluding diaryl/α,β-unsaturated/α-hetero) is 2. The van der Waals surface area contributed by atoms with Crippen molar-refractivity contribution in [1.29, 1.82) is 0 Å². The van der Waals surface area contributed by atoms with Crippen LogP contribution in [0.3, 0.4) is 0 Å². The van der Waals surface area contributed by atoms with Crippen molar-refractivity contribution in [2.45, 2.75) is 27.7 Å². The zero-order chi connectivity index (χ0) is 40.9. The molecule has 0 saturated carbocycles. The number of phenols is 2. The second-order valence-electron chi connectivity index (χ2n) is 10.8. The van der Waals surface area contributed by atoms with Crippen LogP contribution in [0.1, 0.15) is 46.0 Å². The highest BCUT2D eigenvalue weighted by atomic mass is 16.7. The summed E-state index contributed by atoms with van der Waals surface area (Å²) in [5.41, 5.74) is -1.71. The van der Waals surface area contributed by atoms with Gasteiger partial charge < -0.3 is 10.2 Å². The number of non-ortho nitro benzene ring substituents is 2. The van der Waals surface area contributed by atoms with Gasteiger partial charge in [-0.2, -0.15) is 0 Å². The lowest BCUT2D eigenvalue weighted by molar-refractivity contribution is -0.404. The van der Waals surface area contributed by atoms with Crippen molar-refractivity contribution in [2.24, 2.45) is 0 Å². The molecule has 0 unspecified atom stereocenters. The van der Waals surface area contributed by atoms with E-state index in [0.29, 0.717) is 35.4 Å². The lowest BCUT2D eigenvalue weighted by Crippen LogP contribution is -2.01. The molecule has 0 amide bonds. The van der Waals surface area contributed by atoms with Crippen LogP contribution in [0.4, 0.5) is 34.1 Å². The third-order valence-electron chi connectivity index (χ3n) is 7.21. The monoisotopic (exact) mass is 750 g/mol. The first-order valence-corrected chi connectivity index (χ1v) is 14.4. The number of benzene rings is 3. The second-order valence-corrected chi connectivity index (χ2v) is 10.8. The highest BCUT2D eigenvalue weighted by molar-refractivity contribution is 6.03. The maximum atomic E-state index is 11.7. The largest absolute Gasteiger partial charge is 0.497 e. The predicted octanol–water partition coefficient (Wildman–Crippen LogP) is 6.04. The van der Waals surface area contributed by atoms with Gasteiger partial charge in [-0.05, 0) is 52.0 Å². The van der Waals surface area contributed by atoms with E-state index >= 15 is 0 Å². The molecule has 0 atom stereocenters. The van der Waals surface area contributed by atoms with Crippen molar-refractivity contribution in [3.05, 3.63) is 132 Å². The molecule has 0 radical (unpaired) electrons. The van der Waals surface area contributed by atoms with Crippen molar-refractivity contribution < 1.29 is 49.3 Å². The van der Waals surface area contributed by atoms with Gasteiger partial charge in [-0.15, -0.1) is 0 Å². The van der Waals surface area contributed by atoms with Crippen LogP contribution < -0.4 is 0 Å². The molecule has 278 valence electrons. The number of nitrogens with zero attached hydrogens (tertiary/aromatic N) is 8. The molecule has 0 aliphatic heterocycles. The molecule has 2 heterocycles. The van der Waals surface area contributed by atoms with E-state index in [1.807, 2.05) is 38.1 Å². The number of hydrogen-bond acceptors (Lipinski definition) is 18. The minimum absolute atomic E-state index is 0.00143. The molecule has 0 saturated heterocycles. The average Bonchev–Trinajstić information content (AvgIpc) is 3.06. The van der Waals surface area contributed by atoms with E-state index in [1.165, 1.54) is 13.8 Å². The lowest BCUT2D eigenvalue weighted by atomic mass is 10.0. The van der Waals surface area contributed by atoms with Crippen molar-refractivity contribution in [1.82, 2.24) is 9.97 Å². The fourth-order valence-electron chi connectivity index (χ4n) is 4.70. The average molecular weight is 751 g/mol. The molecule has 0 spiro atoms. The number of ketones is 2. The number of pyridine rings is 2. The molecule has 0 aliphatic carbocycles. The number of aromatic hydroxyl groups is 2. The predicted molar refractivity (Wildman–Crippen MR) is 183 cm³/mol. The molecule has 2 N–H and O–H groups in total. The number of aromatic nitrogens is 2. The lowest BCUT2D eigenvalue weighted by Gasteiger charge is -2.08. The van der Waals surface area contributed by atoms with Crippen molar-refractivity contribution in [3.8, 4) is 11.5 Å². The molecule has 3 aromatic carbocycles. The molecule has 5 aromatic rings. The van der Waals surface area contributed by atoms with Crippen molar-refractivity contribution in [3.63, 3.8) is 0 Å². The molecular weight excluding hydrogens is 728 g/mol. The summed E-state index contributed by atoms with van der Waals surface area (Å²) in [5, 5.41) is 82.2. The molecule has 24 heteroatoms. The number of phenolic OH excluding ortho intramolecular Hbond substituents is 2. The third-order valence-corrected chi connectivity index (χ3v) is 7.21. The summed E-state index contributed by atoms with van der Waals surface area (Å²) in [6.07, 6.45) is 0. The molecule has 0 aliphatic rings. The van der Waals surface area contributed by atoms with Crippen LogP contribution in [0.15, 0.2) is 48.5 Å². The zero-order valence-corrected chi connectivity index (χ0v) is 27.8. The van der Waals surface area contributed by atoms with E-state index in [-0.39, 0.29) is 11.6 Å². The van der Waals surface area contributed by atoms with Crippen LogP contribution in [0, 0.1) is 74.5 Å². The standard InChI is InChI=1S/C18H16N2O2.2C6H3N3O7/c1-9-15(11(3)21)6-13-5-14-7-16(12(4)22)10(2)20-18(14)8-17(13)19-9;2*10-6-4(8(13)14)1-3(7(11)12)2-5(6)9(15)16/h5-8H,1-4H3;2*1-2,10H. The minimum atomic E-state index is -1.21. The van der Waals surface area contributed by atoms with Gasteiger partial charge in [-0.1, -0.05) is 0 Å². The van der Waals surface area contributed by atoms with E-state index in [4.69, 9.17) is 10.2 Å². The molecular formula is C30H22N8O16. The minimum Gasteiger partial charge on any atom is -0.497 e. The summed E-state index contributed by atoms with van der Waals surface area (Å²) in [6.45, 7) is 6.74. The van der Waals surface area contributed by atoms with Crippen molar-refractivity contribution in [2.75, 3.05) is 0 Å². The Morgan fingerprint density at radius 2 is 0.759 bits per heavy atom. The van der Waals surface area contributed by atoms with Crippen LogP contribution in [0.2, 0.25) is 0 Å². The first-order valence-electron chi connectivity index (χ1n) is 14.4. The van der Waals surface area contributed by atoms with Gasteiger partial charge in [0, 0.05) is 33.3 Å². The third kappa shape index (κ3) is 8.75. The number of carbonyl (C=O) groups excluding carboxylic acids is 2. The van der Waals surface area contributed by atoms with E-state index in [1.54, 1.807) is 0 Å².